The quantitative estimate of drug-likeness (QED) is 0.869. The molecule has 1 saturated heterocycles. The third-order valence-corrected chi connectivity index (χ3v) is 3.53. The summed E-state index contributed by atoms with van der Waals surface area (Å²) in [5, 5.41) is 12.0. The summed E-state index contributed by atoms with van der Waals surface area (Å²) in [4.78, 5) is 0. The van der Waals surface area contributed by atoms with Gasteiger partial charge in [0.25, 0.3) is 0 Å². The van der Waals surface area contributed by atoms with E-state index in [1.807, 2.05) is 13.8 Å². The summed E-state index contributed by atoms with van der Waals surface area (Å²) >= 11 is 0. The van der Waals surface area contributed by atoms with Gasteiger partial charge < -0.3 is 10.1 Å². The fourth-order valence-corrected chi connectivity index (χ4v) is 2.53. The van der Waals surface area contributed by atoms with E-state index in [0.717, 1.165) is 44.0 Å². The van der Waals surface area contributed by atoms with Crippen LogP contribution in [0.1, 0.15) is 42.8 Å². The van der Waals surface area contributed by atoms with E-state index in [1.165, 1.54) is 5.56 Å². The molecule has 1 aliphatic rings. The first-order valence-corrected chi connectivity index (χ1v) is 6.84. The lowest BCUT2D eigenvalue weighted by Gasteiger charge is -2.25. The number of aromatic nitrogens is 2. The Bertz CT molecular complexity index is 389. The molecule has 4 nitrogen and oxygen atoms in total. The van der Waals surface area contributed by atoms with Gasteiger partial charge in [0.1, 0.15) is 0 Å². The summed E-state index contributed by atoms with van der Waals surface area (Å²) in [6.07, 6.45) is 2.27. The number of nitrogens with one attached hydrogen (secondary N) is 1. The van der Waals surface area contributed by atoms with Gasteiger partial charge in [-0.15, -0.1) is 0 Å². The summed E-state index contributed by atoms with van der Waals surface area (Å²) < 4.78 is 5.53. The van der Waals surface area contributed by atoms with Crippen molar-refractivity contribution in [2.75, 3.05) is 19.8 Å². The highest BCUT2D eigenvalue weighted by Gasteiger charge is 2.28. The number of aryl methyl sites for hydroxylation is 2. The molecule has 0 bridgehead atoms. The minimum atomic E-state index is 0.349. The lowest BCUT2D eigenvalue weighted by Crippen LogP contribution is -2.30. The molecule has 1 fully saturated rings. The maximum atomic E-state index is 5.53. The van der Waals surface area contributed by atoms with Crippen LogP contribution < -0.4 is 5.32 Å². The zero-order chi connectivity index (χ0) is 13.0. The van der Waals surface area contributed by atoms with Crippen LogP contribution in [0.5, 0.6) is 0 Å². The van der Waals surface area contributed by atoms with E-state index in [9.17, 15) is 0 Å². The minimum absolute atomic E-state index is 0.349. The van der Waals surface area contributed by atoms with Crippen LogP contribution in [0, 0.1) is 19.8 Å². The van der Waals surface area contributed by atoms with Gasteiger partial charge in [-0.05, 0) is 44.9 Å². The van der Waals surface area contributed by atoms with Crippen molar-refractivity contribution in [3.8, 4) is 0 Å². The molecule has 0 aliphatic carbocycles. The second kappa shape index (κ2) is 6.25. The number of ether oxygens (including phenoxy) is 1. The van der Waals surface area contributed by atoms with Crippen LogP contribution in [-0.4, -0.2) is 30.0 Å². The van der Waals surface area contributed by atoms with Gasteiger partial charge in [-0.1, -0.05) is 6.92 Å². The normalized spacial score (nSPS) is 21.2. The van der Waals surface area contributed by atoms with Crippen molar-refractivity contribution < 1.29 is 4.74 Å². The van der Waals surface area contributed by atoms with Crippen LogP contribution >= 0.6 is 0 Å². The predicted molar refractivity (Wildman–Crippen MR) is 71.5 cm³/mol. The molecule has 0 radical (unpaired) electrons. The number of hydrogen-bond acceptors (Lipinski definition) is 4. The van der Waals surface area contributed by atoms with E-state index in [2.05, 4.69) is 28.5 Å². The van der Waals surface area contributed by atoms with Crippen molar-refractivity contribution in [3.63, 3.8) is 0 Å². The molecule has 0 saturated carbocycles. The molecular formula is C14H23N3O. The first-order chi connectivity index (χ1) is 8.72. The van der Waals surface area contributed by atoms with E-state index in [0.29, 0.717) is 12.0 Å². The summed E-state index contributed by atoms with van der Waals surface area (Å²) in [5.74, 6) is 0.554. The van der Waals surface area contributed by atoms with Gasteiger partial charge in [-0.25, -0.2) is 0 Å². The Balaban J connectivity index is 2.23. The maximum absolute atomic E-state index is 5.53. The summed E-state index contributed by atoms with van der Waals surface area (Å²) in [6, 6.07) is 2.51. The van der Waals surface area contributed by atoms with E-state index < -0.39 is 0 Å². The van der Waals surface area contributed by atoms with Crippen LogP contribution in [0.3, 0.4) is 0 Å². The third-order valence-electron chi connectivity index (χ3n) is 3.53. The highest BCUT2D eigenvalue weighted by Crippen LogP contribution is 2.30. The molecular weight excluding hydrogens is 226 g/mol. The van der Waals surface area contributed by atoms with E-state index in [-0.39, 0.29) is 0 Å². The molecule has 18 heavy (non-hydrogen) atoms. The van der Waals surface area contributed by atoms with Gasteiger partial charge >= 0.3 is 0 Å². The van der Waals surface area contributed by atoms with Crippen molar-refractivity contribution in [1.82, 2.24) is 15.5 Å². The van der Waals surface area contributed by atoms with E-state index in [1.54, 1.807) is 0 Å². The van der Waals surface area contributed by atoms with Gasteiger partial charge in [0.05, 0.1) is 18.0 Å². The molecule has 1 N–H and O–H groups in total. The topological polar surface area (TPSA) is 47.0 Å². The molecule has 0 aromatic carbocycles. The van der Waals surface area contributed by atoms with Gasteiger partial charge in [0.2, 0.25) is 0 Å². The number of nitrogens with zero attached hydrogens (tertiary/aromatic N) is 2. The van der Waals surface area contributed by atoms with Crippen LogP contribution in [0.15, 0.2) is 6.07 Å². The summed E-state index contributed by atoms with van der Waals surface area (Å²) in [6.45, 7) is 8.99. The lowest BCUT2D eigenvalue weighted by atomic mass is 9.91. The van der Waals surface area contributed by atoms with Crippen LogP contribution in [0.25, 0.3) is 0 Å². The van der Waals surface area contributed by atoms with Crippen molar-refractivity contribution in [1.29, 1.82) is 0 Å². The Morgan fingerprint density at radius 1 is 1.44 bits per heavy atom. The summed E-state index contributed by atoms with van der Waals surface area (Å²) in [7, 11) is 0. The van der Waals surface area contributed by atoms with Gasteiger partial charge in [0, 0.05) is 18.6 Å². The fraction of sp³-hybridized carbons (Fsp3) is 0.714. The zero-order valence-corrected chi connectivity index (χ0v) is 11.6. The third kappa shape index (κ3) is 3.06. The molecule has 0 spiro atoms. The zero-order valence-electron chi connectivity index (χ0n) is 11.6. The molecule has 100 valence electrons. The first-order valence-electron chi connectivity index (χ1n) is 6.84. The summed E-state index contributed by atoms with van der Waals surface area (Å²) in [5.41, 5.74) is 3.30. The average Bonchev–Trinajstić information content (AvgIpc) is 2.88. The highest BCUT2D eigenvalue weighted by atomic mass is 16.5. The Kier molecular flexibility index (Phi) is 4.66. The Labute approximate surface area is 109 Å². The van der Waals surface area contributed by atoms with Crippen LogP contribution in [-0.2, 0) is 4.74 Å². The van der Waals surface area contributed by atoms with Crippen LogP contribution in [0.2, 0.25) is 0 Å². The monoisotopic (exact) mass is 249 g/mol. The molecule has 1 aliphatic heterocycles. The van der Waals surface area contributed by atoms with Crippen molar-refractivity contribution in [3.05, 3.63) is 23.0 Å². The Hall–Kier alpha value is -1.00. The van der Waals surface area contributed by atoms with Crippen LogP contribution in [0.4, 0.5) is 0 Å². The molecule has 4 heteroatoms. The molecule has 2 unspecified atom stereocenters. The second-order valence-corrected chi connectivity index (χ2v) is 5.08. The Morgan fingerprint density at radius 3 is 2.94 bits per heavy atom. The molecule has 1 aromatic heterocycles. The first kappa shape index (κ1) is 13.4. The predicted octanol–water partition coefficient (Wildman–Crippen LogP) is 2.17. The van der Waals surface area contributed by atoms with Crippen molar-refractivity contribution >= 4 is 0 Å². The minimum Gasteiger partial charge on any atom is -0.381 e. The SMILES string of the molecule is CCCNC(c1cc(C)nnc1C)C1CCOC1. The second-order valence-electron chi connectivity index (χ2n) is 5.08. The molecule has 2 heterocycles. The van der Waals surface area contributed by atoms with E-state index >= 15 is 0 Å². The molecule has 0 amide bonds. The molecule has 2 atom stereocenters. The fourth-order valence-electron chi connectivity index (χ4n) is 2.53. The van der Waals surface area contributed by atoms with Gasteiger partial charge in [-0.2, -0.15) is 10.2 Å². The van der Waals surface area contributed by atoms with Gasteiger partial charge in [0.15, 0.2) is 0 Å². The number of hydrogen-bond donors (Lipinski definition) is 1. The van der Waals surface area contributed by atoms with Gasteiger partial charge in [-0.3, -0.25) is 0 Å². The molecule has 2 rings (SSSR count). The number of rotatable bonds is 5. The highest BCUT2D eigenvalue weighted by molar-refractivity contribution is 5.24. The van der Waals surface area contributed by atoms with Crippen molar-refractivity contribution in [2.24, 2.45) is 5.92 Å². The lowest BCUT2D eigenvalue weighted by molar-refractivity contribution is 0.176. The average molecular weight is 249 g/mol. The van der Waals surface area contributed by atoms with Crippen molar-refractivity contribution in [2.45, 2.75) is 39.7 Å². The molecule has 1 aromatic rings. The maximum Gasteiger partial charge on any atom is 0.0648 e. The smallest absolute Gasteiger partial charge is 0.0648 e. The largest absolute Gasteiger partial charge is 0.381 e. The Morgan fingerprint density at radius 2 is 2.28 bits per heavy atom. The standard InChI is InChI=1S/C14H23N3O/c1-4-6-15-14(12-5-7-18-9-12)13-8-10(2)16-17-11(13)3/h8,12,14-15H,4-7,9H2,1-3H3. The van der Waals surface area contributed by atoms with E-state index in [4.69, 9.17) is 4.74 Å².